The Balaban J connectivity index is 1.62. The summed E-state index contributed by atoms with van der Waals surface area (Å²) < 4.78 is 53.2. The van der Waals surface area contributed by atoms with E-state index in [0.29, 0.717) is 27.2 Å². The molecule has 31 heavy (non-hydrogen) atoms. The van der Waals surface area contributed by atoms with Gasteiger partial charge in [-0.3, -0.25) is 9.89 Å². The number of nitrogens with zero attached hydrogens (tertiary/aromatic N) is 2. The van der Waals surface area contributed by atoms with Crippen LogP contribution in [0.25, 0.3) is 32.2 Å². The van der Waals surface area contributed by atoms with Crippen LogP contribution >= 0.6 is 11.3 Å². The van der Waals surface area contributed by atoms with Gasteiger partial charge in [0.15, 0.2) is 15.0 Å². The molecule has 0 spiro atoms. The van der Waals surface area contributed by atoms with Crippen molar-refractivity contribution in [3.8, 4) is 11.1 Å². The van der Waals surface area contributed by atoms with Crippen LogP contribution in [-0.4, -0.2) is 41.9 Å². The van der Waals surface area contributed by atoms with E-state index in [2.05, 4.69) is 20.5 Å². The molecule has 4 aromatic rings. The first-order valence-electron chi connectivity index (χ1n) is 9.36. The van der Waals surface area contributed by atoms with E-state index in [-0.39, 0.29) is 23.4 Å². The fourth-order valence-electron chi connectivity index (χ4n) is 3.73. The molecule has 2 N–H and O–H groups in total. The van der Waals surface area contributed by atoms with E-state index in [1.165, 1.54) is 24.5 Å². The molecule has 2 heterocycles. The predicted molar refractivity (Wildman–Crippen MR) is 114 cm³/mol. The summed E-state index contributed by atoms with van der Waals surface area (Å²) in [4.78, 5) is 15.9. The summed E-state index contributed by atoms with van der Waals surface area (Å²) in [6.45, 7) is 1.53. The first-order chi connectivity index (χ1) is 14.6. The first kappa shape index (κ1) is 20.0. The number of carbonyl (C=O) groups is 1. The lowest BCUT2D eigenvalue weighted by molar-refractivity contribution is -0.117. The van der Waals surface area contributed by atoms with Gasteiger partial charge in [0.1, 0.15) is 16.9 Å². The number of rotatable bonds is 4. The molecule has 0 radical (unpaired) electrons. The number of alkyl halides is 1. The summed E-state index contributed by atoms with van der Waals surface area (Å²) in [5.74, 6) is -1.83. The lowest BCUT2D eigenvalue weighted by atomic mass is 9.96. The number of hydrogen-bond acceptors (Lipinski definition) is 6. The minimum absolute atomic E-state index is 0.114. The Kier molecular flexibility index (Phi) is 4.38. The van der Waals surface area contributed by atoms with Crippen molar-refractivity contribution in [2.45, 2.75) is 24.4 Å². The van der Waals surface area contributed by atoms with Crippen molar-refractivity contribution in [3.05, 3.63) is 35.8 Å². The minimum atomic E-state index is -3.82. The van der Waals surface area contributed by atoms with Gasteiger partial charge in [0, 0.05) is 11.6 Å². The van der Waals surface area contributed by atoms with Crippen molar-refractivity contribution >= 4 is 53.3 Å². The molecule has 160 valence electrons. The monoisotopic (exact) mass is 462 g/mol. The Labute approximate surface area is 179 Å². The van der Waals surface area contributed by atoms with Gasteiger partial charge in [-0.1, -0.05) is 17.4 Å². The molecule has 1 amide bonds. The van der Waals surface area contributed by atoms with Crippen molar-refractivity contribution in [1.29, 1.82) is 0 Å². The second kappa shape index (κ2) is 6.79. The number of aromatic amines is 1. The van der Waals surface area contributed by atoms with Gasteiger partial charge in [0.05, 0.1) is 27.8 Å². The highest BCUT2D eigenvalue weighted by Crippen LogP contribution is 2.40. The number of carbonyl (C=O) groups excluding carboxylic acids is 1. The smallest absolute Gasteiger partial charge is 0.232 e. The first-order valence-corrected chi connectivity index (χ1v) is 12.1. The molecule has 5 rings (SSSR count). The van der Waals surface area contributed by atoms with Gasteiger partial charge in [-0.15, -0.1) is 0 Å². The van der Waals surface area contributed by atoms with Crippen molar-refractivity contribution in [3.63, 3.8) is 0 Å². The lowest BCUT2D eigenvalue weighted by Gasteiger charge is -2.13. The molecule has 1 fully saturated rings. The molecule has 2 atom stereocenters. The predicted octanol–water partition coefficient (Wildman–Crippen LogP) is 3.99. The lowest BCUT2D eigenvalue weighted by Crippen LogP contribution is -2.14. The zero-order valence-corrected chi connectivity index (χ0v) is 18.0. The topological polar surface area (TPSA) is 105 Å². The van der Waals surface area contributed by atoms with Crippen LogP contribution < -0.4 is 5.32 Å². The van der Waals surface area contributed by atoms with Crippen molar-refractivity contribution in [1.82, 2.24) is 15.2 Å². The maximum Gasteiger partial charge on any atom is 0.232 e. The van der Waals surface area contributed by atoms with Gasteiger partial charge in [-0.2, -0.15) is 5.10 Å². The summed E-state index contributed by atoms with van der Waals surface area (Å²) in [5, 5.41) is 10.0. The van der Waals surface area contributed by atoms with Gasteiger partial charge in [0.25, 0.3) is 0 Å². The fourth-order valence-corrected chi connectivity index (χ4v) is 5.64. The molecule has 2 aromatic carbocycles. The number of hydrogen-bond donors (Lipinski definition) is 2. The molecular formula is C20H16F2N4O3S2. The van der Waals surface area contributed by atoms with Gasteiger partial charge in [-0.25, -0.2) is 22.2 Å². The highest BCUT2D eigenvalue weighted by molar-refractivity contribution is 7.91. The van der Waals surface area contributed by atoms with Crippen LogP contribution in [-0.2, 0) is 14.6 Å². The van der Waals surface area contributed by atoms with E-state index in [4.69, 9.17) is 0 Å². The zero-order chi connectivity index (χ0) is 22.1. The zero-order valence-electron chi connectivity index (χ0n) is 16.4. The number of sulfone groups is 1. The van der Waals surface area contributed by atoms with Crippen LogP contribution in [0, 0.1) is 18.7 Å². The molecule has 0 saturated heterocycles. The van der Waals surface area contributed by atoms with Crippen molar-refractivity contribution in [2.24, 2.45) is 5.92 Å². The third-order valence-electron chi connectivity index (χ3n) is 5.37. The number of nitrogens with one attached hydrogen (secondary N) is 2. The van der Waals surface area contributed by atoms with Crippen LogP contribution in [0.3, 0.4) is 0 Å². The summed E-state index contributed by atoms with van der Waals surface area (Å²) in [6, 6.07) is 5.28. The Morgan fingerprint density at radius 3 is 2.77 bits per heavy atom. The number of halogens is 2. The van der Waals surface area contributed by atoms with Gasteiger partial charge in [0.2, 0.25) is 5.91 Å². The van der Waals surface area contributed by atoms with E-state index in [1.54, 1.807) is 18.2 Å². The largest absolute Gasteiger partial charge is 0.302 e. The summed E-state index contributed by atoms with van der Waals surface area (Å²) >= 11 is 1.23. The number of amides is 1. The quantitative estimate of drug-likeness (QED) is 0.477. The number of H-pyrrole nitrogens is 1. The average molecular weight is 463 g/mol. The van der Waals surface area contributed by atoms with Crippen LogP contribution in [0.2, 0.25) is 0 Å². The van der Waals surface area contributed by atoms with Gasteiger partial charge in [-0.05, 0) is 42.2 Å². The molecule has 0 unspecified atom stereocenters. The number of benzene rings is 2. The molecule has 11 heteroatoms. The maximum absolute atomic E-state index is 15.1. The minimum Gasteiger partial charge on any atom is -0.302 e. The van der Waals surface area contributed by atoms with Gasteiger partial charge < -0.3 is 5.32 Å². The second-order valence-corrected chi connectivity index (χ2v) is 10.6. The fraction of sp³-hybridized carbons (Fsp3) is 0.250. The van der Waals surface area contributed by atoms with E-state index in [9.17, 15) is 17.6 Å². The molecule has 1 aliphatic rings. The Hall–Kier alpha value is -2.92. The molecule has 1 aliphatic carbocycles. The number of thiazole rings is 1. The summed E-state index contributed by atoms with van der Waals surface area (Å²) in [5.41, 5.74) is 2.11. The number of aromatic nitrogens is 3. The highest BCUT2D eigenvalue weighted by Gasteiger charge is 2.43. The van der Waals surface area contributed by atoms with Crippen LogP contribution in [0.1, 0.15) is 12.0 Å². The van der Waals surface area contributed by atoms with E-state index in [0.717, 1.165) is 11.0 Å². The third-order valence-corrected chi connectivity index (χ3v) is 7.43. The number of fused-ring (bicyclic) bond motifs is 2. The molecule has 0 aliphatic heterocycles. The third kappa shape index (κ3) is 3.28. The van der Waals surface area contributed by atoms with E-state index < -0.39 is 32.6 Å². The SMILES string of the molecule is Cc1c(F)c(S(C)(=O)=O)c2[nH]ncc2c1-c1ccc2nc(NC(=O)[C@@H]3C[C@@H]3F)sc2c1. The average Bonchev–Trinajstić information content (AvgIpc) is 3.07. The van der Waals surface area contributed by atoms with Crippen molar-refractivity contribution in [2.75, 3.05) is 11.6 Å². The Bertz CT molecular complexity index is 1490. The molecule has 7 nitrogen and oxygen atoms in total. The van der Waals surface area contributed by atoms with E-state index in [1.807, 2.05) is 0 Å². The summed E-state index contributed by atoms with van der Waals surface area (Å²) in [6.07, 6.45) is 1.57. The van der Waals surface area contributed by atoms with Crippen molar-refractivity contribution < 1.29 is 22.0 Å². The van der Waals surface area contributed by atoms with Crippen LogP contribution in [0.5, 0.6) is 0 Å². The maximum atomic E-state index is 15.1. The van der Waals surface area contributed by atoms with E-state index >= 15 is 4.39 Å². The normalized spacial score (nSPS) is 18.6. The molecule has 1 saturated carbocycles. The standard InChI is InChI=1S/C20H16F2N4O3S2/c1-8-15(11-7-23-26-17(11)18(16(8)22)31(2,28)29)9-3-4-13-14(5-9)30-20(24-13)25-19(27)10-6-12(10)21/h3-5,7,10,12H,6H2,1-2H3,(H,23,26)(H,24,25,27)/t10-,12+/m1/s1. The molecular weight excluding hydrogens is 446 g/mol. The molecule has 0 bridgehead atoms. The Morgan fingerprint density at radius 1 is 1.35 bits per heavy atom. The summed E-state index contributed by atoms with van der Waals surface area (Å²) in [7, 11) is -3.82. The number of anilines is 1. The van der Waals surface area contributed by atoms with Crippen LogP contribution in [0.15, 0.2) is 29.3 Å². The van der Waals surface area contributed by atoms with Gasteiger partial charge >= 0.3 is 0 Å². The molecule has 2 aromatic heterocycles. The Morgan fingerprint density at radius 2 is 2.10 bits per heavy atom. The highest BCUT2D eigenvalue weighted by atomic mass is 32.2. The van der Waals surface area contributed by atoms with Crippen LogP contribution in [0.4, 0.5) is 13.9 Å². The second-order valence-electron chi connectivity index (χ2n) is 7.62.